The highest BCUT2D eigenvalue weighted by Crippen LogP contribution is 2.29. The van der Waals surface area contributed by atoms with E-state index in [0.29, 0.717) is 0 Å². The van der Waals surface area contributed by atoms with Crippen molar-refractivity contribution < 1.29 is 4.79 Å². The first-order valence-electron chi connectivity index (χ1n) is 7.37. The Hall–Kier alpha value is -2.87. The van der Waals surface area contributed by atoms with E-state index < -0.39 is 0 Å². The van der Waals surface area contributed by atoms with Crippen molar-refractivity contribution in [2.75, 3.05) is 0 Å². The van der Waals surface area contributed by atoms with Gasteiger partial charge in [0.2, 0.25) is 0 Å². The van der Waals surface area contributed by atoms with Crippen LogP contribution < -0.4 is 0 Å². The number of carbonyl (C=O) groups is 1. The highest BCUT2D eigenvalue weighted by molar-refractivity contribution is 6.09. The number of rotatable bonds is 3. The van der Waals surface area contributed by atoms with Gasteiger partial charge in [0.25, 0.3) is 0 Å². The van der Waals surface area contributed by atoms with Crippen molar-refractivity contribution in [3.63, 3.8) is 0 Å². The van der Waals surface area contributed by atoms with Crippen LogP contribution in [0.3, 0.4) is 0 Å². The second kappa shape index (κ2) is 5.15. The van der Waals surface area contributed by atoms with Crippen molar-refractivity contribution in [3.05, 3.63) is 83.4 Å². The highest BCUT2D eigenvalue weighted by atomic mass is 16.1. The Kier molecular flexibility index (Phi) is 3.01. The average Bonchev–Trinajstić information content (AvgIpc) is 2.95. The predicted molar refractivity (Wildman–Crippen MR) is 90.4 cm³/mol. The first kappa shape index (κ1) is 12.8. The van der Waals surface area contributed by atoms with Crippen LogP contribution in [0.15, 0.2) is 66.7 Å². The minimum Gasteiger partial charge on any atom is -0.354 e. The molecule has 0 aliphatic rings. The van der Waals surface area contributed by atoms with E-state index in [1.54, 1.807) is 0 Å². The normalized spacial score (nSPS) is 11.1. The lowest BCUT2D eigenvalue weighted by Gasteiger charge is -2.05. The lowest BCUT2D eigenvalue weighted by atomic mass is 9.99. The molecule has 4 aromatic rings. The molecule has 0 aliphatic carbocycles. The van der Waals surface area contributed by atoms with Gasteiger partial charge in [-0.25, -0.2) is 0 Å². The van der Waals surface area contributed by atoms with Gasteiger partial charge < -0.3 is 4.98 Å². The third-order valence-electron chi connectivity index (χ3n) is 4.09. The lowest BCUT2D eigenvalue weighted by Crippen LogP contribution is -1.92. The molecular formula is C20H15NO. The van der Waals surface area contributed by atoms with E-state index in [-0.39, 0.29) is 0 Å². The van der Waals surface area contributed by atoms with Crippen LogP contribution in [-0.4, -0.2) is 11.3 Å². The van der Waals surface area contributed by atoms with E-state index in [1.807, 2.05) is 42.5 Å². The zero-order valence-corrected chi connectivity index (χ0v) is 12.0. The number of hydrogen-bond acceptors (Lipinski definition) is 1. The molecule has 4 rings (SSSR count). The Morgan fingerprint density at radius 2 is 1.64 bits per heavy atom. The third-order valence-corrected chi connectivity index (χ3v) is 4.09. The number of aldehydes is 1. The summed E-state index contributed by atoms with van der Waals surface area (Å²) in [4.78, 5) is 14.8. The van der Waals surface area contributed by atoms with Crippen molar-refractivity contribution in [2.45, 2.75) is 6.42 Å². The SMILES string of the molecule is O=Cc1cc(Cc2ccccc2)c2[nH]c3ccccc3c2c1. The number of nitrogens with one attached hydrogen (secondary N) is 1. The van der Waals surface area contributed by atoms with Crippen molar-refractivity contribution >= 4 is 28.1 Å². The molecule has 0 bridgehead atoms. The second-order valence-corrected chi connectivity index (χ2v) is 5.55. The number of benzene rings is 3. The largest absolute Gasteiger partial charge is 0.354 e. The summed E-state index contributed by atoms with van der Waals surface area (Å²) < 4.78 is 0. The van der Waals surface area contributed by atoms with E-state index in [0.717, 1.165) is 45.6 Å². The molecule has 0 spiro atoms. The molecule has 2 heteroatoms. The van der Waals surface area contributed by atoms with Crippen molar-refractivity contribution in [1.82, 2.24) is 4.98 Å². The summed E-state index contributed by atoms with van der Waals surface area (Å²) in [6.07, 6.45) is 1.74. The number of para-hydroxylation sites is 1. The standard InChI is InChI=1S/C20H15NO/c22-13-15-11-16(10-14-6-2-1-3-7-14)20-18(12-15)17-8-4-5-9-19(17)21-20/h1-9,11-13,21H,10H2. The van der Waals surface area contributed by atoms with Gasteiger partial charge >= 0.3 is 0 Å². The number of carbonyl (C=O) groups excluding carboxylic acids is 1. The zero-order valence-electron chi connectivity index (χ0n) is 12.0. The molecule has 0 aliphatic heterocycles. The quantitative estimate of drug-likeness (QED) is 0.543. The van der Waals surface area contributed by atoms with Crippen LogP contribution in [-0.2, 0) is 6.42 Å². The summed E-state index contributed by atoms with van der Waals surface area (Å²) in [6, 6.07) is 22.5. The minimum atomic E-state index is 0.725. The van der Waals surface area contributed by atoms with Crippen molar-refractivity contribution in [1.29, 1.82) is 0 Å². The summed E-state index contributed by atoms with van der Waals surface area (Å²) in [5.41, 5.74) is 5.35. The Morgan fingerprint density at radius 3 is 2.45 bits per heavy atom. The zero-order chi connectivity index (χ0) is 14.9. The van der Waals surface area contributed by atoms with Gasteiger partial charge in [0.15, 0.2) is 0 Å². The molecule has 1 aromatic heterocycles. The summed E-state index contributed by atoms with van der Waals surface area (Å²) in [5.74, 6) is 0. The lowest BCUT2D eigenvalue weighted by molar-refractivity contribution is 0.112. The van der Waals surface area contributed by atoms with Gasteiger partial charge in [-0.15, -0.1) is 0 Å². The van der Waals surface area contributed by atoms with Crippen LogP contribution in [0.5, 0.6) is 0 Å². The first-order chi connectivity index (χ1) is 10.8. The molecule has 2 nitrogen and oxygen atoms in total. The maximum Gasteiger partial charge on any atom is 0.150 e. The van der Waals surface area contributed by atoms with Gasteiger partial charge in [0.1, 0.15) is 6.29 Å². The van der Waals surface area contributed by atoms with Crippen LogP contribution in [0.1, 0.15) is 21.5 Å². The van der Waals surface area contributed by atoms with Gasteiger partial charge in [-0.05, 0) is 35.7 Å². The van der Waals surface area contributed by atoms with Crippen LogP contribution in [0.2, 0.25) is 0 Å². The smallest absolute Gasteiger partial charge is 0.150 e. The molecule has 3 aromatic carbocycles. The molecule has 106 valence electrons. The van der Waals surface area contributed by atoms with Gasteiger partial charge in [0.05, 0.1) is 5.52 Å². The molecule has 0 radical (unpaired) electrons. The summed E-state index contributed by atoms with van der Waals surface area (Å²) in [5, 5.41) is 2.28. The van der Waals surface area contributed by atoms with Gasteiger partial charge in [0, 0.05) is 21.9 Å². The van der Waals surface area contributed by atoms with Crippen LogP contribution in [0.25, 0.3) is 21.8 Å². The Morgan fingerprint density at radius 1 is 0.864 bits per heavy atom. The van der Waals surface area contributed by atoms with E-state index >= 15 is 0 Å². The minimum absolute atomic E-state index is 0.725. The van der Waals surface area contributed by atoms with Crippen LogP contribution in [0, 0.1) is 0 Å². The molecule has 1 N–H and O–H groups in total. The van der Waals surface area contributed by atoms with Crippen LogP contribution >= 0.6 is 0 Å². The molecule has 1 heterocycles. The predicted octanol–water partition coefficient (Wildman–Crippen LogP) is 4.72. The molecule has 0 amide bonds. The maximum absolute atomic E-state index is 11.3. The Labute approximate surface area is 128 Å². The molecule has 0 fully saturated rings. The number of fused-ring (bicyclic) bond motifs is 3. The molecule has 0 saturated heterocycles. The monoisotopic (exact) mass is 285 g/mol. The fourth-order valence-electron chi connectivity index (χ4n) is 3.07. The van der Waals surface area contributed by atoms with E-state index in [9.17, 15) is 4.79 Å². The topological polar surface area (TPSA) is 32.9 Å². The molecule has 0 atom stereocenters. The number of H-pyrrole nitrogens is 1. The Balaban J connectivity index is 1.98. The fraction of sp³-hybridized carbons (Fsp3) is 0.0500. The third kappa shape index (κ3) is 2.09. The average molecular weight is 285 g/mol. The van der Waals surface area contributed by atoms with E-state index in [1.165, 1.54) is 5.56 Å². The molecule has 22 heavy (non-hydrogen) atoms. The van der Waals surface area contributed by atoms with Gasteiger partial charge in [-0.1, -0.05) is 48.5 Å². The van der Waals surface area contributed by atoms with E-state index in [2.05, 4.69) is 29.2 Å². The first-order valence-corrected chi connectivity index (χ1v) is 7.37. The van der Waals surface area contributed by atoms with Crippen molar-refractivity contribution in [3.8, 4) is 0 Å². The summed E-state index contributed by atoms with van der Waals surface area (Å²) in [6.45, 7) is 0. The Bertz CT molecular complexity index is 967. The molecule has 0 unspecified atom stereocenters. The van der Waals surface area contributed by atoms with Crippen molar-refractivity contribution in [2.24, 2.45) is 0 Å². The summed E-state index contributed by atoms with van der Waals surface area (Å²) in [7, 11) is 0. The maximum atomic E-state index is 11.3. The fourth-order valence-corrected chi connectivity index (χ4v) is 3.07. The second-order valence-electron chi connectivity index (χ2n) is 5.55. The molecular weight excluding hydrogens is 270 g/mol. The van der Waals surface area contributed by atoms with Gasteiger partial charge in [-0.3, -0.25) is 4.79 Å². The van der Waals surface area contributed by atoms with E-state index in [4.69, 9.17) is 0 Å². The number of hydrogen-bond donors (Lipinski definition) is 1. The highest BCUT2D eigenvalue weighted by Gasteiger charge is 2.10. The number of aromatic amines is 1. The van der Waals surface area contributed by atoms with Gasteiger partial charge in [-0.2, -0.15) is 0 Å². The summed E-state index contributed by atoms with van der Waals surface area (Å²) >= 11 is 0. The van der Waals surface area contributed by atoms with Crippen LogP contribution in [0.4, 0.5) is 0 Å². The molecule has 0 saturated carbocycles. The number of aromatic nitrogens is 1.